The second-order valence-corrected chi connectivity index (χ2v) is 9.13. The van der Waals surface area contributed by atoms with Crippen LogP contribution in [0, 0.1) is 23.7 Å². The summed E-state index contributed by atoms with van der Waals surface area (Å²) in [4.78, 5) is 31.5. The molecule has 1 aromatic carbocycles. The molecule has 37 heavy (non-hydrogen) atoms. The molecular formula is C27H30F3N3O4. The van der Waals surface area contributed by atoms with Gasteiger partial charge in [0.25, 0.3) is 11.5 Å². The molecule has 0 N–H and O–H groups in total. The maximum absolute atomic E-state index is 14.4. The Morgan fingerprint density at radius 2 is 1.81 bits per heavy atom. The van der Waals surface area contributed by atoms with Gasteiger partial charge in [-0.25, -0.2) is 0 Å². The van der Waals surface area contributed by atoms with Crippen molar-refractivity contribution in [3.63, 3.8) is 0 Å². The Balaban J connectivity index is 1.98. The van der Waals surface area contributed by atoms with Crippen molar-refractivity contribution in [2.45, 2.75) is 50.8 Å². The van der Waals surface area contributed by atoms with Gasteiger partial charge in [0, 0.05) is 43.1 Å². The standard InChI is InChI=1S/C27H30F3N3O4/c1-4-37-23(34)17-25(22(18-31)21-11-8-14-32-19(21)2)12-15-33(16-13-25)24(35)26(36-3,27(28,29)30)20-9-6-5-7-10-20/h5-11,14,22H,4,12-13,15-17H2,1-3H3/t22?,26-/m1/s1. The number of ether oxygens (including phenoxy) is 2. The molecular weight excluding hydrogens is 487 g/mol. The van der Waals surface area contributed by atoms with E-state index >= 15 is 0 Å². The van der Waals surface area contributed by atoms with Crippen LogP contribution in [-0.4, -0.2) is 54.7 Å². The highest BCUT2D eigenvalue weighted by molar-refractivity contribution is 5.88. The number of likely N-dealkylation sites (tertiary alicyclic amines) is 1. The summed E-state index contributed by atoms with van der Waals surface area (Å²) in [7, 11) is 0.865. The minimum absolute atomic E-state index is 0.0935. The smallest absolute Gasteiger partial charge is 0.430 e. The Labute approximate surface area is 214 Å². The second kappa shape index (κ2) is 11.3. The lowest BCUT2D eigenvalue weighted by Crippen LogP contribution is -2.59. The van der Waals surface area contributed by atoms with Crippen LogP contribution < -0.4 is 0 Å². The van der Waals surface area contributed by atoms with E-state index in [1.807, 2.05) is 0 Å². The van der Waals surface area contributed by atoms with Gasteiger partial charge in [-0.15, -0.1) is 0 Å². The summed E-state index contributed by atoms with van der Waals surface area (Å²) in [6.45, 7) is 3.39. The number of benzene rings is 1. The molecule has 1 saturated heterocycles. The summed E-state index contributed by atoms with van der Waals surface area (Å²) in [6.07, 6.45) is -3.30. The van der Waals surface area contributed by atoms with Gasteiger partial charge in [0.05, 0.1) is 25.0 Å². The molecule has 7 nitrogen and oxygen atoms in total. The van der Waals surface area contributed by atoms with Crippen molar-refractivity contribution in [1.29, 1.82) is 5.26 Å². The van der Waals surface area contributed by atoms with E-state index in [-0.39, 0.29) is 44.5 Å². The number of carbonyl (C=O) groups excluding carboxylic acids is 2. The van der Waals surface area contributed by atoms with E-state index in [1.54, 1.807) is 38.2 Å². The number of carbonyl (C=O) groups is 2. The number of hydrogen-bond acceptors (Lipinski definition) is 6. The fourth-order valence-corrected chi connectivity index (χ4v) is 5.19. The van der Waals surface area contributed by atoms with Gasteiger partial charge < -0.3 is 14.4 Å². The number of pyridine rings is 1. The molecule has 1 amide bonds. The average molecular weight is 518 g/mol. The molecule has 0 spiro atoms. The summed E-state index contributed by atoms with van der Waals surface area (Å²) in [5.41, 5.74) is -3.19. The zero-order valence-corrected chi connectivity index (χ0v) is 21.0. The first kappa shape index (κ1) is 28.1. The molecule has 0 bridgehead atoms. The number of aryl methyl sites for hydroxylation is 1. The van der Waals surface area contributed by atoms with Crippen LogP contribution in [0.1, 0.15) is 48.9 Å². The third-order valence-corrected chi connectivity index (χ3v) is 7.14. The zero-order chi connectivity index (χ0) is 27.3. The van der Waals surface area contributed by atoms with E-state index in [0.29, 0.717) is 11.3 Å². The second-order valence-electron chi connectivity index (χ2n) is 9.13. The lowest BCUT2D eigenvalue weighted by molar-refractivity contribution is -0.271. The van der Waals surface area contributed by atoms with Crippen molar-refractivity contribution >= 4 is 11.9 Å². The van der Waals surface area contributed by atoms with Gasteiger partial charge in [-0.1, -0.05) is 36.4 Å². The fraction of sp³-hybridized carbons (Fsp3) is 0.481. The highest BCUT2D eigenvalue weighted by Crippen LogP contribution is 2.49. The Bertz CT molecular complexity index is 1140. The van der Waals surface area contributed by atoms with E-state index in [1.165, 1.54) is 24.3 Å². The third-order valence-electron chi connectivity index (χ3n) is 7.14. The summed E-state index contributed by atoms with van der Waals surface area (Å²) >= 11 is 0. The molecule has 2 aromatic rings. The van der Waals surface area contributed by atoms with Crippen LogP contribution in [0.15, 0.2) is 48.7 Å². The molecule has 10 heteroatoms. The van der Waals surface area contributed by atoms with Gasteiger partial charge in [0.1, 0.15) is 0 Å². The van der Waals surface area contributed by atoms with E-state index < -0.39 is 35.0 Å². The predicted octanol–water partition coefficient (Wildman–Crippen LogP) is 4.66. The number of aromatic nitrogens is 1. The third kappa shape index (κ3) is 5.32. The molecule has 198 valence electrons. The van der Waals surface area contributed by atoms with Crippen molar-refractivity contribution in [3.8, 4) is 6.07 Å². The average Bonchev–Trinajstić information content (AvgIpc) is 2.86. The van der Waals surface area contributed by atoms with E-state index in [2.05, 4.69) is 11.1 Å². The number of nitrogens with zero attached hydrogens (tertiary/aromatic N) is 3. The number of hydrogen-bond donors (Lipinski definition) is 0. The molecule has 1 unspecified atom stereocenters. The molecule has 1 aromatic heterocycles. The van der Waals surface area contributed by atoms with E-state index in [0.717, 1.165) is 12.0 Å². The molecule has 1 aliphatic heterocycles. The highest BCUT2D eigenvalue weighted by Gasteiger charge is 2.64. The normalized spacial score (nSPS) is 17.8. The SMILES string of the molecule is CCOC(=O)CC1(C(C#N)c2cccnc2C)CCN(C(=O)[C@](OC)(c2ccccc2)C(F)(F)F)CC1. The monoisotopic (exact) mass is 517 g/mol. The van der Waals surface area contributed by atoms with Crippen LogP contribution in [0.25, 0.3) is 0 Å². The van der Waals surface area contributed by atoms with Crippen LogP contribution in [0.3, 0.4) is 0 Å². The minimum atomic E-state index is -5.03. The van der Waals surface area contributed by atoms with Crippen molar-refractivity contribution in [2.24, 2.45) is 5.41 Å². The van der Waals surface area contributed by atoms with Gasteiger partial charge in [-0.05, 0) is 38.3 Å². The lowest BCUT2D eigenvalue weighted by atomic mass is 9.64. The quantitative estimate of drug-likeness (QED) is 0.473. The van der Waals surface area contributed by atoms with Crippen LogP contribution in [0.2, 0.25) is 0 Å². The summed E-state index contributed by atoms with van der Waals surface area (Å²) in [5, 5.41) is 10.2. The number of nitriles is 1. The molecule has 0 aliphatic carbocycles. The Hall–Kier alpha value is -3.45. The first-order valence-corrected chi connectivity index (χ1v) is 12.0. The number of halogens is 3. The molecule has 2 atom stereocenters. The topological polar surface area (TPSA) is 92.5 Å². The first-order chi connectivity index (χ1) is 17.6. The number of methoxy groups -OCH3 is 1. The number of esters is 1. The summed E-state index contributed by atoms with van der Waals surface area (Å²) < 4.78 is 53.4. The highest BCUT2D eigenvalue weighted by atomic mass is 19.4. The number of amides is 1. The van der Waals surface area contributed by atoms with Gasteiger partial charge in [0.2, 0.25) is 0 Å². The van der Waals surface area contributed by atoms with Crippen molar-refractivity contribution < 1.29 is 32.2 Å². The largest absolute Gasteiger partial charge is 0.466 e. The molecule has 0 radical (unpaired) electrons. The maximum atomic E-state index is 14.4. The molecule has 1 fully saturated rings. The van der Waals surface area contributed by atoms with Crippen LogP contribution >= 0.6 is 0 Å². The van der Waals surface area contributed by atoms with Crippen molar-refractivity contribution in [2.75, 3.05) is 26.8 Å². The van der Waals surface area contributed by atoms with Gasteiger partial charge in [-0.2, -0.15) is 18.4 Å². The van der Waals surface area contributed by atoms with Crippen LogP contribution in [0.4, 0.5) is 13.2 Å². The molecule has 1 aliphatic rings. The maximum Gasteiger partial charge on any atom is 0.430 e. The predicted molar refractivity (Wildman–Crippen MR) is 128 cm³/mol. The van der Waals surface area contributed by atoms with Crippen molar-refractivity contribution in [1.82, 2.24) is 9.88 Å². The Morgan fingerprint density at radius 3 is 2.32 bits per heavy atom. The number of rotatable bonds is 8. The zero-order valence-electron chi connectivity index (χ0n) is 21.0. The fourth-order valence-electron chi connectivity index (χ4n) is 5.19. The van der Waals surface area contributed by atoms with Gasteiger partial charge in [-0.3, -0.25) is 14.6 Å². The Kier molecular flexibility index (Phi) is 8.59. The van der Waals surface area contributed by atoms with Gasteiger partial charge in [0.15, 0.2) is 0 Å². The van der Waals surface area contributed by atoms with E-state index in [4.69, 9.17) is 9.47 Å². The Morgan fingerprint density at radius 1 is 1.16 bits per heavy atom. The molecule has 0 saturated carbocycles. The lowest BCUT2D eigenvalue weighted by Gasteiger charge is -2.46. The van der Waals surface area contributed by atoms with Gasteiger partial charge >= 0.3 is 12.1 Å². The van der Waals surface area contributed by atoms with Crippen LogP contribution in [0.5, 0.6) is 0 Å². The summed E-state index contributed by atoms with van der Waals surface area (Å²) in [6, 6.07) is 12.5. The number of alkyl halides is 3. The van der Waals surface area contributed by atoms with Crippen LogP contribution in [-0.2, 0) is 24.7 Å². The number of piperidine rings is 1. The minimum Gasteiger partial charge on any atom is -0.466 e. The van der Waals surface area contributed by atoms with E-state index in [9.17, 15) is 28.0 Å². The summed E-state index contributed by atoms with van der Waals surface area (Å²) in [5.74, 6) is -2.51. The first-order valence-electron chi connectivity index (χ1n) is 12.0. The van der Waals surface area contributed by atoms with Crippen molar-refractivity contribution in [3.05, 3.63) is 65.5 Å². The molecule has 3 rings (SSSR count). The molecule has 2 heterocycles.